The van der Waals surface area contributed by atoms with Crippen molar-refractivity contribution in [2.24, 2.45) is 0 Å². The molecule has 1 amide bonds. The number of hydrogen-bond donors (Lipinski definition) is 2. The Balaban J connectivity index is 2.20. The maximum atomic E-state index is 14.3. The third kappa shape index (κ3) is 4.02. The Morgan fingerprint density at radius 2 is 1.90 bits per heavy atom. The van der Waals surface area contributed by atoms with Crippen LogP contribution < -0.4 is 21.9 Å². The number of aromatic nitrogens is 2. The summed E-state index contributed by atoms with van der Waals surface area (Å²) < 4.78 is 34.9. The standard InChI is InChI=1S/C20H20F2N4O4/c1-2-3-9-25-17(23)16(18(27)24-20(25)29)26(11-12-6-5-10-30-12)19(28)15-13(21)7-4-8-14(15)22/h4-8,10H,2-3,9,11,23H2,1H3,(H,24,27,29). The summed E-state index contributed by atoms with van der Waals surface area (Å²) in [5.74, 6) is -3.38. The molecule has 0 saturated heterocycles. The highest BCUT2D eigenvalue weighted by Gasteiger charge is 2.29. The van der Waals surface area contributed by atoms with Gasteiger partial charge in [-0.05, 0) is 30.7 Å². The predicted octanol–water partition coefficient (Wildman–Crippen LogP) is 2.64. The molecule has 0 aliphatic heterocycles. The van der Waals surface area contributed by atoms with Crippen molar-refractivity contribution in [1.29, 1.82) is 0 Å². The van der Waals surface area contributed by atoms with E-state index in [0.717, 1.165) is 34.1 Å². The lowest BCUT2D eigenvalue weighted by Crippen LogP contribution is -2.41. The van der Waals surface area contributed by atoms with E-state index in [1.807, 2.05) is 6.92 Å². The lowest BCUT2D eigenvalue weighted by molar-refractivity contribution is 0.0974. The number of rotatable bonds is 7. The first-order valence-corrected chi connectivity index (χ1v) is 9.26. The minimum Gasteiger partial charge on any atom is -0.467 e. The van der Waals surface area contributed by atoms with Gasteiger partial charge in [-0.25, -0.2) is 13.6 Å². The number of aromatic amines is 1. The molecule has 0 unspecified atom stereocenters. The Kier molecular flexibility index (Phi) is 6.14. The van der Waals surface area contributed by atoms with Gasteiger partial charge in [-0.15, -0.1) is 0 Å². The van der Waals surface area contributed by atoms with Gasteiger partial charge in [0.2, 0.25) is 0 Å². The number of hydrogen-bond acceptors (Lipinski definition) is 5. The number of amides is 1. The first-order chi connectivity index (χ1) is 14.3. The van der Waals surface area contributed by atoms with Crippen molar-refractivity contribution in [3.63, 3.8) is 0 Å². The van der Waals surface area contributed by atoms with Crippen LogP contribution in [0, 0.1) is 11.6 Å². The highest BCUT2D eigenvalue weighted by atomic mass is 19.1. The molecule has 0 spiro atoms. The van der Waals surface area contributed by atoms with Gasteiger partial charge < -0.3 is 10.2 Å². The molecule has 0 saturated carbocycles. The lowest BCUT2D eigenvalue weighted by atomic mass is 10.1. The number of nitrogens with zero attached hydrogens (tertiary/aromatic N) is 2. The smallest absolute Gasteiger partial charge is 0.330 e. The van der Waals surface area contributed by atoms with Crippen molar-refractivity contribution in [1.82, 2.24) is 9.55 Å². The average Bonchev–Trinajstić information content (AvgIpc) is 3.20. The van der Waals surface area contributed by atoms with Crippen molar-refractivity contribution in [2.45, 2.75) is 32.9 Å². The van der Waals surface area contributed by atoms with Gasteiger partial charge in [-0.2, -0.15) is 0 Å². The largest absolute Gasteiger partial charge is 0.467 e. The van der Waals surface area contributed by atoms with Gasteiger partial charge in [-0.3, -0.25) is 24.0 Å². The van der Waals surface area contributed by atoms with E-state index < -0.39 is 40.0 Å². The van der Waals surface area contributed by atoms with Crippen LogP contribution in [0.5, 0.6) is 0 Å². The van der Waals surface area contributed by atoms with Gasteiger partial charge in [0.05, 0.1) is 12.8 Å². The Labute approximate surface area is 169 Å². The first-order valence-electron chi connectivity index (χ1n) is 9.26. The van der Waals surface area contributed by atoms with Crippen LogP contribution in [0.1, 0.15) is 35.9 Å². The molecule has 30 heavy (non-hydrogen) atoms. The van der Waals surface area contributed by atoms with Crippen molar-refractivity contribution in [3.8, 4) is 0 Å². The zero-order valence-corrected chi connectivity index (χ0v) is 16.2. The van der Waals surface area contributed by atoms with Crippen LogP contribution in [-0.4, -0.2) is 15.5 Å². The number of carbonyl (C=O) groups is 1. The summed E-state index contributed by atoms with van der Waals surface area (Å²) in [7, 11) is 0. The van der Waals surface area contributed by atoms with Crippen molar-refractivity contribution >= 4 is 17.4 Å². The molecule has 0 bridgehead atoms. The summed E-state index contributed by atoms with van der Waals surface area (Å²) >= 11 is 0. The fraction of sp³-hybridized carbons (Fsp3) is 0.250. The number of halogens is 2. The molecule has 2 heterocycles. The third-order valence-corrected chi connectivity index (χ3v) is 4.54. The van der Waals surface area contributed by atoms with Gasteiger partial charge in [0, 0.05) is 6.54 Å². The molecule has 8 nitrogen and oxygen atoms in total. The normalized spacial score (nSPS) is 10.9. The second-order valence-electron chi connectivity index (χ2n) is 6.57. The molecular formula is C20H20F2N4O4. The van der Waals surface area contributed by atoms with Gasteiger partial charge in [0.15, 0.2) is 5.69 Å². The number of anilines is 2. The van der Waals surface area contributed by atoms with E-state index in [-0.39, 0.29) is 24.7 Å². The Morgan fingerprint density at radius 1 is 1.20 bits per heavy atom. The van der Waals surface area contributed by atoms with E-state index in [4.69, 9.17) is 10.2 Å². The lowest BCUT2D eigenvalue weighted by Gasteiger charge is -2.24. The molecule has 158 valence electrons. The number of nitrogen functional groups attached to an aromatic ring is 1. The van der Waals surface area contributed by atoms with E-state index in [9.17, 15) is 23.2 Å². The summed E-state index contributed by atoms with van der Waals surface area (Å²) in [4.78, 5) is 40.8. The molecular weight excluding hydrogens is 398 g/mol. The molecule has 3 N–H and O–H groups in total. The summed E-state index contributed by atoms with van der Waals surface area (Å²) in [6, 6.07) is 6.05. The van der Waals surface area contributed by atoms with Crippen LogP contribution in [0.15, 0.2) is 50.6 Å². The van der Waals surface area contributed by atoms with Gasteiger partial charge in [-0.1, -0.05) is 19.4 Å². The fourth-order valence-electron chi connectivity index (χ4n) is 3.02. The molecule has 3 aromatic rings. The monoisotopic (exact) mass is 418 g/mol. The summed E-state index contributed by atoms with van der Waals surface area (Å²) in [5.41, 5.74) is 3.14. The van der Waals surface area contributed by atoms with E-state index in [0.29, 0.717) is 6.42 Å². The number of unbranched alkanes of at least 4 members (excludes halogenated alkanes) is 1. The molecule has 3 rings (SSSR count). The van der Waals surface area contributed by atoms with Crippen LogP contribution in [0.25, 0.3) is 0 Å². The van der Waals surface area contributed by atoms with Crippen LogP contribution in [0.4, 0.5) is 20.3 Å². The number of furan rings is 1. The zero-order chi connectivity index (χ0) is 21.8. The summed E-state index contributed by atoms with van der Waals surface area (Å²) in [6.45, 7) is 1.77. The van der Waals surface area contributed by atoms with Crippen molar-refractivity contribution in [3.05, 3.63) is 80.4 Å². The molecule has 0 radical (unpaired) electrons. The Hall–Kier alpha value is -3.69. The number of H-pyrrole nitrogens is 1. The topological polar surface area (TPSA) is 114 Å². The second kappa shape index (κ2) is 8.76. The van der Waals surface area contributed by atoms with E-state index in [1.165, 1.54) is 12.3 Å². The maximum Gasteiger partial charge on any atom is 0.330 e. The molecule has 0 fully saturated rings. The van der Waals surface area contributed by atoms with E-state index in [1.54, 1.807) is 6.07 Å². The second-order valence-corrected chi connectivity index (χ2v) is 6.57. The van der Waals surface area contributed by atoms with Gasteiger partial charge in [0.1, 0.15) is 28.8 Å². The molecule has 0 aliphatic rings. The fourth-order valence-corrected chi connectivity index (χ4v) is 3.02. The zero-order valence-electron chi connectivity index (χ0n) is 16.2. The molecule has 0 atom stereocenters. The van der Waals surface area contributed by atoms with E-state index in [2.05, 4.69) is 4.98 Å². The minimum absolute atomic E-state index is 0.196. The van der Waals surface area contributed by atoms with Crippen LogP contribution in [0.3, 0.4) is 0 Å². The maximum absolute atomic E-state index is 14.3. The number of benzene rings is 1. The highest BCUT2D eigenvalue weighted by Crippen LogP contribution is 2.24. The minimum atomic E-state index is -1.14. The van der Waals surface area contributed by atoms with Crippen molar-refractivity contribution < 1.29 is 18.0 Å². The summed E-state index contributed by atoms with van der Waals surface area (Å²) in [6.07, 6.45) is 2.68. The molecule has 10 heteroatoms. The van der Waals surface area contributed by atoms with Crippen LogP contribution in [-0.2, 0) is 13.1 Å². The SMILES string of the molecule is CCCCn1c(N)c(N(Cc2ccco2)C(=O)c2c(F)cccc2F)c(=O)[nH]c1=O. The Bertz CT molecular complexity index is 1150. The van der Waals surface area contributed by atoms with Gasteiger partial charge in [0.25, 0.3) is 11.5 Å². The number of nitrogens with two attached hydrogens (primary N) is 1. The van der Waals surface area contributed by atoms with Crippen molar-refractivity contribution in [2.75, 3.05) is 10.6 Å². The van der Waals surface area contributed by atoms with Crippen LogP contribution in [0.2, 0.25) is 0 Å². The van der Waals surface area contributed by atoms with Crippen LogP contribution >= 0.6 is 0 Å². The quantitative estimate of drug-likeness (QED) is 0.612. The number of carbonyl (C=O) groups excluding carboxylic acids is 1. The number of nitrogens with one attached hydrogen (secondary N) is 1. The third-order valence-electron chi connectivity index (χ3n) is 4.54. The predicted molar refractivity (Wildman–Crippen MR) is 106 cm³/mol. The highest BCUT2D eigenvalue weighted by molar-refractivity contribution is 6.07. The van der Waals surface area contributed by atoms with E-state index >= 15 is 0 Å². The summed E-state index contributed by atoms with van der Waals surface area (Å²) in [5, 5.41) is 0. The molecule has 1 aromatic carbocycles. The molecule has 0 aliphatic carbocycles. The average molecular weight is 418 g/mol. The molecule has 2 aromatic heterocycles. The first kappa shape index (κ1) is 21.0. The van der Waals surface area contributed by atoms with Gasteiger partial charge >= 0.3 is 5.69 Å². The Morgan fingerprint density at radius 3 is 2.50 bits per heavy atom.